The summed E-state index contributed by atoms with van der Waals surface area (Å²) in [7, 11) is 0. The summed E-state index contributed by atoms with van der Waals surface area (Å²) in [5.74, 6) is -0.445. The fourth-order valence-electron chi connectivity index (χ4n) is 3.18. The highest BCUT2D eigenvalue weighted by Crippen LogP contribution is 2.26. The molecule has 27 heavy (non-hydrogen) atoms. The molecule has 1 aliphatic heterocycles. The fourth-order valence-corrected chi connectivity index (χ4v) is 3.18. The van der Waals surface area contributed by atoms with Crippen LogP contribution in [0, 0.1) is 5.41 Å². The summed E-state index contributed by atoms with van der Waals surface area (Å²) in [5, 5.41) is 0. The van der Waals surface area contributed by atoms with Crippen molar-refractivity contribution in [1.29, 1.82) is 0 Å². The third kappa shape index (κ3) is 4.59. The van der Waals surface area contributed by atoms with E-state index < -0.39 is 5.41 Å². The molecule has 1 heterocycles. The van der Waals surface area contributed by atoms with E-state index in [1.807, 2.05) is 37.3 Å². The summed E-state index contributed by atoms with van der Waals surface area (Å²) < 4.78 is 5.00. The Balaban J connectivity index is 2.06. The normalized spacial score (nSPS) is 14.7. The number of nitrogens with zero attached hydrogens (tertiary/aromatic N) is 3. The monoisotopic (exact) mass is 375 g/mol. The van der Waals surface area contributed by atoms with Gasteiger partial charge in [-0.25, -0.2) is 4.79 Å². The Kier molecular flexibility index (Phi) is 6.82. The highest BCUT2D eigenvalue weighted by molar-refractivity contribution is 6.11. The molecule has 1 aliphatic rings. The van der Waals surface area contributed by atoms with Gasteiger partial charge in [-0.05, 0) is 39.8 Å². The molecule has 0 bridgehead atoms. The smallest absolute Gasteiger partial charge is 0.409 e. The van der Waals surface area contributed by atoms with E-state index in [1.165, 1.54) is 0 Å². The van der Waals surface area contributed by atoms with Crippen LogP contribution in [0.15, 0.2) is 30.3 Å². The molecular formula is C20H29N3O4. The minimum atomic E-state index is -1.18. The van der Waals surface area contributed by atoms with E-state index in [1.54, 1.807) is 35.5 Å². The topological polar surface area (TPSA) is 70.2 Å². The van der Waals surface area contributed by atoms with Crippen molar-refractivity contribution in [3.8, 4) is 0 Å². The minimum absolute atomic E-state index is 0.217. The van der Waals surface area contributed by atoms with Crippen LogP contribution in [-0.4, -0.2) is 67.0 Å². The molecule has 0 aliphatic carbocycles. The lowest BCUT2D eigenvalue weighted by atomic mass is 9.89. The zero-order valence-corrected chi connectivity index (χ0v) is 16.6. The van der Waals surface area contributed by atoms with E-state index in [0.717, 1.165) is 5.69 Å². The number of hydrogen-bond donors (Lipinski definition) is 0. The SMILES string of the molecule is CCOC(=O)N1CCN(C(=O)C(C)(C)C(=O)N(CC)c2ccccc2)CC1. The predicted molar refractivity (Wildman–Crippen MR) is 103 cm³/mol. The molecule has 0 unspecified atom stereocenters. The maximum absolute atomic E-state index is 13.1. The van der Waals surface area contributed by atoms with E-state index in [2.05, 4.69) is 0 Å². The fraction of sp³-hybridized carbons (Fsp3) is 0.550. The van der Waals surface area contributed by atoms with Gasteiger partial charge in [0.15, 0.2) is 0 Å². The first-order valence-electron chi connectivity index (χ1n) is 9.41. The van der Waals surface area contributed by atoms with E-state index in [4.69, 9.17) is 4.74 Å². The highest BCUT2D eigenvalue weighted by atomic mass is 16.6. The van der Waals surface area contributed by atoms with Crippen molar-refractivity contribution >= 4 is 23.6 Å². The Morgan fingerprint density at radius 1 is 1.00 bits per heavy atom. The van der Waals surface area contributed by atoms with E-state index in [9.17, 15) is 14.4 Å². The average Bonchev–Trinajstić information content (AvgIpc) is 2.69. The van der Waals surface area contributed by atoms with Crippen LogP contribution in [0.1, 0.15) is 27.7 Å². The number of amides is 3. The van der Waals surface area contributed by atoms with Gasteiger partial charge in [-0.2, -0.15) is 0 Å². The summed E-state index contributed by atoms with van der Waals surface area (Å²) in [4.78, 5) is 42.9. The third-order valence-corrected chi connectivity index (χ3v) is 4.79. The highest BCUT2D eigenvalue weighted by Gasteiger charge is 2.42. The molecule has 0 saturated carbocycles. The molecule has 7 heteroatoms. The van der Waals surface area contributed by atoms with Crippen molar-refractivity contribution in [2.45, 2.75) is 27.7 Å². The molecule has 0 N–H and O–H groups in total. The Bertz CT molecular complexity index is 667. The lowest BCUT2D eigenvalue weighted by molar-refractivity contribution is -0.148. The van der Waals surface area contributed by atoms with Crippen LogP contribution >= 0.6 is 0 Å². The first-order valence-corrected chi connectivity index (χ1v) is 9.41. The Labute approximate surface area is 160 Å². The average molecular weight is 375 g/mol. The van der Waals surface area contributed by atoms with Gasteiger partial charge in [-0.3, -0.25) is 9.59 Å². The number of carbonyl (C=O) groups excluding carboxylic acids is 3. The van der Waals surface area contributed by atoms with Gasteiger partial charge in [0.2, 0.25) is 11.8 Å². The lowest BCUT2D eigenvalue weighted by Crippen LogP contribution is -2.56. The summed E-state index contributed by atoms with van der Waals surface area (Å²) in [6.45, 7) is 9.40. The van der Waals surface area contributed by atoms with Gasteiger partial charge in [0, 0.05) is 38.4 Å². The molecule has 1 fully saturated rings. The molecule has 0 atom stereocenters. The van der Waals surface area contributed by atoms with Crippen molar-refractivity contribution < 1.29 is 19.1 Å². The Morgan fingerprint density at radius 2 is 1.56 bits per heavy atom. The minimum Gasteiger partial charge on any atom is -0.450 e. The zero-order chi connectivity index (χ0) is 20.0. The van der Waals surface area contributed by atoms with Gasteiger partial charge in [0.05, 0.1) is 6.61 Å². The Morgan fingerprint density at radius 3 is 2.07 bits per heavy atom. The number of piperazine rings is 1. The van der Waals surface area contributed by atoms with Gasteiger partial charge in [-0.15, -0.1) is 0 Å². The Hall–Kier alpha value is -2.57. The van der Waals surface area contributed by atoms with Crippen molar-refractivity contribution in [3.63, 3.8) is 0 Å². The molecule has 7 nitrogen and oxygen atoms in total. The molecule has 1 aromatic rings. The molecular weight excluding hydrogens is 346 g/mol. The van der Waals surface area contributed by atoms with Crippen molar-refractivity contribution in [2.75, 3.05) is 44.2 Å². The number of para-hydroxylation sites is 1. The first-order chi connectivity index (χ1) is 12.8. The van der Waals surface area contributed by atoms with Crippen LogP contribution < -0.4 is 4.90 Å². The number of benzene rings is 1. The van der Waals surface area contributed by atoms with Gasteiger partial charge >= 0.3 is 6.09 Å². The number of carbonyl (C=O) groups is 3. The molecule has 1 aromatic carbocycles. The molecule has 0 spiro atoms. The third-order valence-electron chi connectivity index (χ3n) is 4.79. The van der Waals surface area contributed by atoms with Crippen molar-refractivity contribution in [3.05, 3.63) is 30.3 Å². The maximum atomic E-state index is 13.1. The van der Waals surface area contributed by atoms with Crippen LogP contribution in [0.2, 0.25) is 0 Å². The molecule has 1 saturated heterocycles. The van der Waals surface area contributed by atoms with Crippen LogP contribution in [-0.2, 0) is 14.3 Å². The molecule has 0 aromatic heterocycles. The summed E-state index contributed by atoms with van der Waals surface area (Å²) in [6.07, 6.45) is -0.360. The maximum Gasteiger partial charge on any atom is 0.409 e. The second kappa shape index (κ2) is 8.88. The first kappa shape index (κ1) is 20.7. The molecule has 2 rings (SSSR count). The van der Waals surface area contributed by atoms with Gasteiger partial charge in [0.1, 0.15) is 5.41 Å². The quantitative estimate of drug-likeness (QED) is 0.741. The number of rotatable bonds is 5. The van der Waals surface area contributed by atoms with Crippen molar-refractivity contribution in [2.24, 2.45) is 5.41 Å². The number of anilines is 1. The van der Waals surface area contributed by atoms with Gasteiger partial charge < -0.3 is 19.4 Å². The second-order valence-electron chi connectivity index (χ2n) is 6.99. The predicted octanol–water partition coefficient (Wildman–Crippen LogP) is 2.37. The standard InChI is InChI=1S/C20H29N3O4/c1-5-23(16-10-8-7-9-11-16)18(25)20(3,4)17(24)21-12-14-22(15-13-21)19(26)27-6-2/h7-11H,5-6,12-15H2,1-4H3. The van der Waals surface area contributed by atoms with E-state index in [0.29, 0.717) is 39.3 Å². The zero-order valence-electron chi connectivity index (χ0n) is 16.6. The lowest BCUT2D eigenvalue weighted by Gasteiger charge is -2.39. The summed E-state index contributed by atoms with van der Waals surface area (Å²) in [6, 6.07) is 9.35. The van der Waals surface area contributed by atoms with Crippen LogP contribution in [0.3, 0.4) is 0 Å². The number of hydrogen-bond acceptors (Lipinski definition) is 4. The van der Waals surface area contributed by atoms with E-state index >= 15 is 0 Å². The van der Waals surface area contributed by atoms with Crippen LogP contribution in [0.25, 0.3) is 0 Å². The van der Waals surface area contributed by atoms with Crippen molar-refractivity contribution in [1.82, 2.24) is 9.80 Å². The largest absolute Gasteiger partial charge is 0.450 e. The summed E-state index contributed by atoms with van der Waals surface area (Å²) >= 11 is 0. The van der Waals surface area contributed by atoms with Crippen LogP contribution in [0.4, 0.5) is 10.5 Å². The number of ether oxygens (including phenoxy) is 1. The molecule has 0 radical (unpaired) electrons. The van der Waals surface area contributed by atoms with Crippen LogP contribution in [0.5, 0.6) is 0 Å². The molecule has 148 valence electrons. The second-order valence-corrected chi connectivity index (χ2v) is 6.99. The van der Waals surface area contributed by atoms with Gasteiger partial charge in [-0.1, -0.05) is 18.2 Å². The molecule has 3 amide bonds. The van der Waals surface area contributed by atoms with E-state index in [-0.39, 0.29) is 17.9 Å². The van der Waals surface area contributed by atoms with Gasteiger partial charge in [0.25, 0.3) is 0 Å². The summed E-state index contributed by atoms with van der Waals surface area (Å²) in [5.41, 5.74) is -0.407.